The van der Waals surface area contributed by atoms with Crippen molar-refractivity contribution in [3.05, 3.63) is 6.20 Å². The molecule has 22 heavy (non-hydrogen) atoms. The fraction of sp³-hybridized carbons (Fsp3) is 0.667. The van der Waals surface area contributed by atoms with E-state index in [-0.39, 0.29) is 0 Å². The number of aryl methyl sites for hydroxylation is 1. The molecule has 0 saturated heterocycles. The third-order valence-electron chi connectivity index (χ3n) is 3.62. The SMILES string of the molecule is CCN(CC)CCNc1nc(NC(C)C)c2cnn(C)c2n1. The third kappa shape index (κ3) is 3.85. The first-order chi connectivity index (χ1) is 10.5. The van der Waals surface area contributed by atoms with E-state index in [4.69, 9.17) is 0 Å². The van der Waals surface area contributed by atoms with E-state index >= 15 is 0 Å². The van der Waals surface area contributed by atoms with Gasteiger partial charge in [0.2, 0.25) is 5.95 Å². The third-order valence-corrected chi connectivity index (χ3v) is 3.62. The molecule has 0 spiro atoms. The summed E-state index contributed by atoms with van der Waals surface area (Å²) in [4.78, 5) is 11.5. The van der Waals surface area contributed by atoms with Gasteiger partial charge in [-0.05, 0) is 26.9 Å². The molecule has 0 fully saturated rings. The normalized spacial score (nSPS) is 11.6. The van der Waals surface area contributed by atoms with E-state index in [0.29, 0.717) is 12.0 Å². The Morgan fingerprint density at radius 3 is 2.59 bits per heavy atom. The first kappa shape index (κ1) is 16.5. The van der Waals surface area contributed by atoms with Crippen molar-refractivity contribution < 1.29 is 0 Å². The second kappa shape index (κ2) is 7.40. The molecule has 0 aliphatic carbocycles. The molecule has 0 saturated carbocycles. The van der Waals surface area contributed by atoms with Gasteiger partial charge in [0.25, 0.3) is 0 Å². The molecule has 7 heteroatoms. The minimum atomic E-state index is 0.307. The predicted molar refractivity (Wildman–Crippen MR) is 91.3 cm³/mol. The summed E-state index contributed by atoms with van der Waals surface area (Å²) in [5, 5.41) is 11.9. The lowest BCUT2D eigenvalue weighted by atomic mass is 10.3. The number of hydrogen-bond donors (Lipinski definition) is 2. The Balaban J connectivity index is 2.17. The van der Waals surface area contributed by atoms with Crippen molar-refractivity contribution in [2.24, 2.45) is 7.05 Å². The molecular formula is C15H27N7. The Kier molecular flexibility index (Phi) is 5.54. The fourth-order valence-corrected chi connectivity index (χ4v) is 2.35. The van der Waals surface area contributed by atoms with Crippen molar-refractivity contribution in [2.45, 2.75) is 33.7 Å². The summed E-state index contributed by atoms with van der Waals surface area (Å²) in [6.07, 6.45) is 1.81. The monoisotopic (exact) mass is 305 g/mol. The summed E-state index contributed by atoms with van der Waals surface area (Å²) < 4.78 is 1.78. The quantitative estimate of drug-likeness (QED) is 0.776. The molecule has 0 aliphatic rings. The van der Waals surface area contributed by atoms with Crippen LogP contribution in [0.2, 0.25) is 0 Å². The Hall–Kier alpha value is -1.89. The van der Waals surface area contributed by atoms with Crippen LogP contribution < -0.4 is 10.6 Å². The van der Waals surface area contributed by atoms with Crippen molar-refractivity contribution >= 4 is 22.8 Å². The lowest BCUT2D eigenvalue weighted by molar-refractivity contribution is 0.316. The maximum atomic E-state index is 4.60. The molecule has 0 atom stereocenters. The van der Waals surface area contributed by atoms with Crippen molar-refractivity contribution in [2.75, 3.05) is 36.8 Å². The molecule has 2 N–H and O–H groups in total. The lowest BCUT2D eigenvalue weighted by Crippen LogP contribution is -2.29. The molecule has 0 unspecified atom stereocenters. The molecule has 122 valence electrons. The van der Waals surface area contributed by atoms with Crippen LogP contribution in [0.25, 0.3) is 11.0 Å². The Morgan fingerprint density at radius 2 is 1.95 bits per heavy atom. The van der Waals surface area contributed by atoms with Gasteiger partial charge in [0.15, 0.2) is 5.65 Å². The topological polar surface area (TPSA) is 70.9 Å². The van der Waals surface area contributed by atoms with Crippen LogP contribution in [-0.4, -0.2) is 56.9 Å². The maximum Gasteiger partial charge on any atom is 0.226 e. The minimum Gasteiger partial charge on any atom is -0.367 e. The Bertz CT molecular complexity index is 601. The van der Waals surface area contributed by atoms with Crippen molar-refractivity contribution in [3.8, 4) is 0 Å². The summed E-state index contributed by atoms with van der Waals surface area (Å²) in [7, 11) is 1.90. The summed E-state index contributed by atoms with van der Waals surface area (Å²) in [6.45, 7) is 12.5. The minimum absolute atomic E-state index is 0.307. The van der Waals surface area contributed by atoms with Crippen LogP contribution in [0.1, 0.15) is 27.7 Å². The average molecular weight is 305 g/mol. The van der Waals surface area contributed by atoms with Crippen LogP contribution in [0.5, 0.6) is 0 Å². The molecule has 0 amide bonds. The highest BCUT2D eigenvalue weighted by Gasteiger charge is 2.12. The van der Waals surface area contributed by atoms with Gasteiger partial charge >= 0.3 is 0 Å². The number of nitrogens with zero attached hydrogens (tertiary/aromatic N) is 5. The van der Waals surface area contributed by atoms with E-state index in [9.17, 15) is 0 Å². The smallest absolute Gasteiger partial charge is 0.226 e. The number of nitrogens with one attached hydrogen (secondary N) is 2. The van der Waals surface area contributed by atoms with Crippen LogP contribution in [0.15, 0.2) is 6.20 Å². The number of fused-ring (bicyclic) bond motifs is 1. The van der Waals surface area contributed by atoms with Gasteiger partial charge in [0, 0.05) is 26.2 Å². The maximum absolute atomic E-state index is 4.60. The van der Waals surface area contributed by atoms with Crippen molar-refractivity contribution in [1.82, 2.24) is 24.6 Å². The van der Waals surface area contributed by atoms with E-state index in [2.05, 4.69) is 58.3 Å². The molecule has 2 heterocycles. The highest BCUT2D eigenvalue weighted by Crippen LogP contribution is 2.21. The predicted octanol–water partition coefficient (Wildman–Crippen LogP) is 1.94. The van der Waals surface area contributed by atoms with Crippen molar-refractivity contribution in [3.63, 3.8) is 0 Å². The Labute approximate surface area is 132 Å². The van der Waals surface area contributed by atoms with Gasteiger partial charge in [-0.2, -0.15) is 15.1 Å². The van der Waals surface area contributed by atoms with Crippen LogP contribution in [0.4, 0.5) is 11.8 Å². The van der Waals surface area contributed by atoms with E-state index in [0.717, 1.165) is 43.0 Å². The first-order valence-corrected chi connectivity index (χ1v) is 7.97. The second-order valence-corrected chi connectivity index (χ2v) is 5.65. The number of rotatable bonds is 8. The van der Waals surface area contributed by atoms with Crippen LogP contribution in [0.3, 0.4) is 0 Å². The van der Waals surface area contributed by atoms with Crippen LogP contribution >= 0.6 is 0 Å². The largest absolute Gasteiger partial charge is 0.367 e. The van der Waals surface area contributed by atoms with Gasteiger partial charge in [-0.15, -0.1) is 0 Å². The fourth-order valence-electron chi connectivity index (χ4n) is 2.35. The summed E-state index contributed by atoms with van der Waals surface area (Å²) in [5.74, 6) is 1.48. The number of likely N-dealkylation sites (N-methyl/N-ethyl adjacent to an activating group) is 1. The van der Waals surface area contributed by atoms with Crippen LogP contribution in [0, 0.1) is 0 Å². The highest BCUT2D eigenvalue weighted by atomic mass is 15.3. The number of hydrogen-bond acceptors (Lipinski definition) is 6. The van der Waals surface area contributed by atoms with Gasteiger partial charge in [-0.3, -0.25) is 4.68 Å². The van der Waals surface area contributed by atoms with E-state index < -0.39 is 0 Å². The van der Waals surface area contributed by atoms with Gasteiger partial charge in [0.1, 0.15) is 5.82 Å². The molecular weight excluding hydrogens is 278 g/mol. The van der Waals surface area contributed by atoms with Gasteiger partial charge < -0.3 is 15.5 Å². The second-order valence-electron chi connectivity index (χ2n) is 5.65. The standard InChI is InChI=1S/C15H27N7/c1-6-22(7-2)9-8-16-15-19-13(18-11(3)4)12-10-17-21(5)14(12)20-15/h10-11H,6-9H2,1-5H3,(H2,16,18,19,20). The zero-order valence-electron chi connectivity index (χ0n) is 14.2. The summed E-state index contributed by atoms with van der Waals surface area (Å²) >= 11 is 0. The Morgan fingerprint density at radius 1 is 1.23 bits per heavy atom. The van der Waals surface area contributed by atoms with Gasteiger partial charge in [-0.1, -0.05) is 13.8 Å². The van der Waals surface area contributed by atoms with Crippen molar-refractivity contribution in [1.29, 1.82) is 0 Å². The van der Waals surface area contributed by atoms with E-state index in [1.807, 2.05) is 7.05 Å². The summed E-state index contributed by atoms with van der Waals surface area (Å²) in [5.41, 5.74) is 0.837. The lowest BCUT2D eigenvalue weighted by Gasteiger charge is -2.18. The van der Waals surface area contributed by atoms with E-state index in [1.165, 1.54) is 0 Å². The molecule has 0 aromatic carbocycles. The van der Waals surface area contributed by atoms with Crippen LogP contribution in [-0.2, 0) is 7.05 Å². The van der Waals surface area contributed by atoms with E-state index in [1.54, 1.807) is 10.9 Å². The summed E-state index contributed by atoms with van der Waals surface area (Å²) in [6, 6.07) is 0.307. The van der Waals surface area contributed by atoms with Gasteiger partial charge in [0.05, 0.1) is 11.6 Å². The first-order valence-electron chi connectivity index (χ1n) is 7.97. The molecule has 0 aliphatic heterocycles. The molecule has 2 aromatic rings. The molecule has 7 nitrogen and oxygen atoms in total. The molecule has 2 rings (SSSR count). The zero-order chi connectivity index (χ0) is 16.1. The number of aromatic nitrogens is 4. The molecule has 0 bridgehead atoms. The molecule has 2 aromatic heterocycles. The van der Waals surface area contributed by atoms with Gasteiger partial charge in [-0.25, -0.2) is 0 Å². The molecule has 0 radical (unpaired) electrons. The number of anilines is 2. The zero-order valence-corrected chi connectivity index (χ0v) is 14.2. The average Bonchev–Trinajstić information content (AvgIpc) is 2.85. The highest BCUT2D eigenvalue weighted by molar-refractivity contribution is 5.87.